The molecule has 5 heteroatoms. The SMILES string of the molecule is O=COCCN1C(=O)CCC1=O. The van der Waals surface area contributed by atoms with Crippen molar-refractivity contribution in [2.45, 2.75) is 12.8 Å². The Labute approximate surface area is 69.3 Å². The lowest BCUT2D eigenvalue weighted by molar-refractivity contribution is -0.141. The van der Waals surface area contributed by atoms with Crippen molar-refractivity contribution in [1.29, 1.82) is 0 Å². The third-order valence-electron chi connectivity index (χ3n) is 1.66. The van der Waals surface area contributed by atoms with E-state index < -0.39 is 0 Å². The van der Waals surface area contributed by atoms with Gasteiger partial charge in [0, 0.05) is 12.8 Å². The first kappa shape index (κ1) is 8.70. The van der Waals surface area contributed by atoms with Crippen LogP contribution in [0.5, 0.6) is 0 Å². The van der Waals surface area contributed by atoms with E-state index in [-0.39, 0.29) is 37.8 Å². The highest BCUT2D eigenvalue weighted by Gasteiger charge is 2.28. The van der Waals surface area contributed by atoms with Crippen molar-refractivity contribution < 1.29 is 19.1 Å². The lowest BCUT2D eigenvalue weighted by Crippen LogP contribution is -2.32. The first-order valence-electron chi connectivity index (χ1n) is 3.64. The summed E-state index contributed by atoms with van der Waals surface area (Å²) >= 11 is 0. The summed E-state index contributed by atoms with van der Waals surface area (Å²) in [7, 11) is 0. The van der Waals surface area contributed by atoms with Crippen LogP contribution in [0, 0.1) is 0 Å². The predicted octanol–water partition coefficient (Wildman–Crippen LogP) is -0.692. The van der Waals surface area contributed by atoms with Gasteiger partial charge in [0.1, 0.15) is 6.61 Å². The number of carbonyl (C=O) groups is 3. The fourth-order valence-electron chi connectivity index (χ4n) is 1.06. The molecule has 0 radical (unpaired) electrons. The third-order valence-corrected chi connectivity index (χ3v) is 1.66. The van der Waals surface area contributed by atoms with Gasteiger partial charge in [-0.05, 0) is 0 Å². The highest BCUT2D eigenvalue weighted by Crippen LogP contribution is 2.10. The second-order valence-corrected chi connectivity index (χ2v) is 2.41. The molecule has 5 nitrogen and oxygen atoms in total. The maximum Gasteiger partial charge on any atom is 0.293 e. The first-order chi connectivity index (χ1) is 5.75. The van der Waals surface area contributed by atoms with Crippen molar-refractivity contribution in [3.05, 3.63) is 0 Å². The van der Waals surface area contributed by atoms with E-state index in [1.807, 2.05) is 0 Å². The van der Waals surface area contributed by atoms with Crippen LogP contribution < -0.4 is 0 Å². The monoisotopic (exact) mass is 171 g/mol. The topological polar surface area (TPSA) is 63.7 Å². The predicted molar refractivity (Wildman–Crippen MR) is 38.0 cm³/mol. The van der Waals surface area contributed by atoms with Crippen molar-refractivity contribution in [2.24, 2.45) is 0 Å². The lowest BCUT2D eigenvalue weighted by atomic mass is 10.4. The molecule has 0 aromatic rings. The van der Waals surface area contributed by atoms with E-state index in [0.29, 0.717) is 6.47 Å². The highest BCUT2D eigenvalue weighted by atomic mass is 16.5. The average Bonchev–Trinajstić information content (AvgIpc) is 2.35. The van der Waals surface area contributed by atoms with Crippen molar-refractivity contribution in [3.8, 4) is 0 Å². The second kappa shape index (κ2) is 3.85. The lowest BCUT2D eigenvalue weighted by Gasteiger charge is -2.11. The third kappa shape index (κ3) is 1.81. The molecule has 2 amide bonds. The molecule has 0 bridgehead atoms. The quantitative estimate of drug-likeness (QED) is 0.319. The molecule has 0 aliphatic carbocycles. The van der Waals surface area contributed by atoms with Crippen LogP contribution >= 0.6 is 0 Å². The van der Waals surface area contributed by atoms with Gasteiger partial charge in [0.2, 0.25) is 11.8 Å². The summed E-state index contributed by atoms with van der Waals surface area (Å²) in [6.45, 7) is 0.558. The molecule has 1 fully saturated rings. The number of imide groups is 1. The molecule has 66 valence electrons. The van der Waals surface area contributed by atoms with Gasteiger partial charge in [-0.3, -0.25) is 19.3 Å². The Bertz CT molecular complexity index is 197. The number of amides is 2. The van der Waals surface area contributed by atoms with Gasteiger partial charge in [-0.1, -0.05) is 0 Å². The smallest absolute Gasteiger partial charge is 0.293 e. The number of ether oxygens (including phenoxy) is 1. The fourth-order valence-corrected chi connectivity index (χ4v) is 1.06. The molecule has 0 spiro atoms. The first-order valence-corrected chi connectivity index (χ1v) is 3.64. The van der Waals surface area contributed by atoms with Gasteiger partial charge in [0.25, 0.3) is 6.47 Å². The van der Waals surface area contributed by atoms with Gasteiger partial charge in [0.15, 0.2) is 0 Å². The van der Waals surface area contributed by atoms with E-state index in [0.717, 1.165) is 4.90 Å². The van der Waals surface area contributed by atoms with E-state index >= 15 is 0 Å². The van der Waals surface area contributed by atoms with Crippen LogP contribution in [0.2, 0.25) is 0 Å². The number of likely N-dealkylation sites (tertiary alicyclic amines) is 1. The zero-order chi connectivity index (χ0) is 8.97. The van der Waals surface area contributed by atoms with E-state index in [1.165, 1.54) is 0 Å². The molecule has 1 heterocycles. The Morgan fingerprint density at radius 3 is 2.42 bits per heavy atom. The van der Waals surface area contributed by atoms with Crippen molar-refractivity contribution in [2.75, 3.05) is 13.2 Å². The van der Waals surface area contributed by atoms with Gasteiger partial charge in [-0.2, -0.15) is 0 Å². The molecule has 12 heavy (non-hydrogen) atoms. The number of hydrogen-bond acceptors (Lipinski definition) is 4. The molecular weight excluding hydrogens is 162 g/mol. The molecule has 0 aromatic carbocycles. The van der Waals surface area contributed by atoms with Crippen LogP contribution in [-0.4, -0.2) is 36.3 Å². The molecular formula is C7H9NO4. The molecule has 0 aromatic heterocycles. The Morgan fingerprint density at radius 2 is 1.92 bits per heavy atom. The van der Waals surface area contributed by atoms with E-state index in [9.17, 15) is 14.4 Å². The summed E-state index contributed by atoms with van der Waals surface area (Å²) in [5.74, 6) is -0.371. The summed E-state index contributed by atoms with van der Waals surface area (Å²) in [6.07, 6.45) is 0.555. The highest BCUT2D eigenvalue weighted by molar-refractivity contribution is 6.01. The number of nitrogens with zero attached hydrogens (tertiary/aromatic N) is 1. The van der Waals surface area contributed by atoms with Crippen molar-refractivity contribution >= 4 is 18.3 Å². The van der Waals surface area contributed by atoms with Crippen LogP contribution in [0.3, 0.4) is 0 Å². The van der Waals surface area contributed by atoms with Gasteiger partial charge < -0.3 is 4.74 Å². The Hall–Kier alpha value is -1.39. The Kier molecular flexibility index (Phi) is 2.79. The minimum Gasteiger partial charge on any atom is -0.466 e. The standard InChI is InChI=1S/C7H9NO4/c9-5-12-4-3-8-6(10)1-2-7(8)11/h5H,1-4H2. The molecule has 1 saturated heterocycles. The molecule has 0 atom stereocenters. The number of carbonyl (C=O) groups excluding carboxylic acids is 3. The minimum atomic E-state index is -0.186. The van der Waals surface area contributed by atoms with Gasteiger partial charge in [-0.25, -0.2) is 0 Å². The number of hydrogen-bond donors (Lipinski definition) is 0. The molecule has 1 aliphatic heterocycles. The summed E-state index contributed by atoms with van der Waals surface area (Å²) in [4.78, 5) is 32.7. The van der Waals surface area contributed by atoms with Gasteiger partial charge >= 0.3 is 0 Å². The summed E-state index contributed by atoms with van der Waals surface area (Å²) in [6, 6.07) is 0. The average molecular weight is 171 g/mol. The summed E-state index contributed by atoms with van der Waals surface area (Å²) in [5.41, 5.74) is 0. The molecule has 0 saturated carbocycles. The molecule has 0 N–H and O–H groups in total. The van der Waals surface area contributed by atoms with Crippen LogP contribution in [0.4, 0.5) is 0 Å². The van der Waals surface area contributed by atoms with Crippen LogP contribution in [0.1, 0.15) is 12.8 Å². The van der Waals surface area contributed by atoms with Gasteiger partial charge in [0.05, 0.1) is 6.54 Å². The Morgan fingerprint density at radius 1 is 1.33 bits per heavy atom. The largest absolute Gasteiger partial charge is 0.466 e. The minimum absolute atomic E-state index is 0.0843. The maximum atomic E-state index is 10.9. The summed E-state index contributed by atoms with van der Waals surface area (Å²) < 4.78 is 4.37. The number of rotatable bonds is 4. The van der Waals surface area contributed by atoms with E-state index in [2.05, 4.69) is 4.74 Å². The van der Waals surface area contributed by atoms with Crippen LogP contribution in [0.15, 0.2) is 0 Å². The fraction of sp³-hybridized carbons (Fsp3) is 0.571. The Balaban J connectivity index is 2.34. The molecule has 1 rings (SSSR count). The summed E-state index contributed by atoms with van der Waals surface area (Å²) in [5, 5.41) is 0. The van der Waals surface area contributed by atoms with Crippen molar-refractivity contribution in [3.63, 3.8) is 0 Å². The molecule has 0 unspecified atom stereocenters. The van der Waals surface area contributed by atoms with Gasteiger partial charge in [-0.15, -0.1) is 0 Å². The van der Waals surface area contributed by atoms with Crippen LogP contribution in [0.25, 0.3) is 0 Å². The maximum absolute atomic E-state index is 10.9. The van der Waals surface area contributed by atoms with E-state index in [1.54, 1.807) is 0 Å². The van der Waals surface area contributed by atoms with E-state index in [4.69, 9.17) is 0 Å². The molecule has 1 aliphatic rings. The van der Waals surface area contributed by atoms with Crippen LogP contribution in [-0.2, 0) is 19.1 Å². The zero-order valence-corrected chi connectivity index (χ0v) is 6.49. The zero-order valence-electron chi connectivity index (χ0n) is 6.49. The van der Waals surface area contributed by atoms with Crippen molar-refractivity contribution in [1.82, 2.24) is 4.90 Å². The normalized spacial score (nSPS) is 16.8. The second-order valence-electron chi connectivity index (χ2n) is 2.41.